The third-order valence-electron chi connectivity index (χ3n) is 3.37. The largest absolute Gasteiger partial charge is 0.0885 e. The fourth-order valence-corrected chi connectivity index (χ4v) is 2.28. The normalized spacial score (nSPS) is 25.0. The van der Waals surface area contributed by atoms with E-state index in [1.807, 2.05) is 0 Å². The van der Waals surface area contributed by atoms with Crippen LogP contribution >= 0.6 is 0 Å². The van der Waals surface area contributed by atoms with Crippen molar-refractivity contribution in [3.63, 3.8) is 0 Å². The molecule has 1 rings (SSSR count). The van der Waals surface area contributed by atoms with Crippen molar-refractivity contribution >= 4 is 0 Å². The lowest BCUT2D eigenvalue weighted by atomic mass is 10.0. The van der Waals surface area contributed by atoms with Crippen molar-refractivity contribution in [1.82, 2.24) is 0 Å². The number of rotatable bonds is 0. The van der Waals surface area contributed by atoms with E-state index in [9.17, 15) is 0 Å². The first-order valence-electron chi connectivity index (χ1n) is 7.36. The van der Waals surface area contributed by atoms with Crippen LogP contribution < -0.4 is 0 Å². The van der Waals surface area contributed by atoms with Gasteiger partial charge in [-0.2, -0.15) is 0 Å². The minimum atomic E-state index is 1.20. The quantitative estimate of drug-likeness (QED) is 0.459. The van der Waals surface area contributed by atoms with Gasteiger partial charge in [0.2, 0.25) is 0 Å². The van der Waals surface area contributed by atoms with E-state index in [-0.39, 0.29) is 0 Å². The Morgan fingerprint density at radius 2 is 1.00 bits per heavy atom. The lowest BCUT2D eigenvalue weighted by Gasteiger charge is -2.03. The van der Waals surface area contributed by atoms with Gasteiger partial charge in [0.25, 0.3) is 0 Å². The molecule has 0 aliphatic heterocycles. The Morgan fingerprint density at radius 1 is 0.500 bits per heavy atom. The predicted octanol–water partition coefficient (Wildman–Crippen LogP) is 5.71. The maximum Gasteiger partial charge on any atom is -0.0173 e. The van der Waals surface area contributed by atoms with Crippen LogP contribution in [0.25, 0.3) is 0 Å². The molecule has 0 nitrogen and oxygen atoms in total. The van der Waals surface area contributed by atoms with E-state index in [0.717, 1.165) is 0 Å². The summed E-state index contributed by atoms with van der Waals surface area (Å²) >= 11 is 0. The molecule has 0 amide bonds. The minimum Gasteiger partial charge on any atom is -0.0885 e. The maximum atomic E-state index is 3.53. The first-order valence-corrected chi connectivity index (χ1v) is 7.36. The molecule has 0 saturated heterocycles. The highest BCUT2D eigenvalue weighted by Crippen LogP contribution is 2.13. The van der Waals surface area contributed by atoms with E-state index in [2.05, 4.69) is 18.6 Å². The lowest BCUT2D eigenvalue weighted by molar-refractivity contribution is 0.564. The van der Waals surface area contributed by atoms with Gasteiger partial charge in [-0.1, -0.05) is 57.1 Å². The van der Waals surface area contributed by atoms with Crippen molar-refractivity contribution in [2.24, 2.45) is 0 Å². The molecule has 0 aromatic heterocycles. The zero-order chi connectivity index (χ0) is 11.3. The fourth-order valence-electron chi connectivity index (χ4n) is 2.28. The summed E-state index contributed by atoms with van der Waals surface area (Å²) in [5, 5.41) is 0. The summed E-state index contributed by atoms with van der Waals surface area (Å²) in [7, 11) is 0. The Labute approximate surface area is 103 Å². The summed E-state index contributed by atoms with van der Waals surface area (Å²) in [4.78, 5) is 0. The molecule has 1 aliphatic rings. The molecule has 0 aromatic carbocycles. The molecule has 0 heterocycles. The molecule has 0 atom stereocenters. The van der Waals surface area contributed by atoms with E-state index in [4.69, 9.17) is 0 Å². The van der Waals surface area contributed by atoms with Crippen molar-refractivity contribution in [3.8, 4) is 0 Å². The highest BCUT2D eigenvalue weighted by Gasteiger charge is 1.94. The van der Waals surface area contributed by atoms with Crippen LogP contribution in [0.4, 0.5) is 0 Å². The average Bonchev–Trinajstić information content (AvgIpc) is 2.29. The highest BCUT2D eigenvalue weighted by atomic mass is 14.0. The van der Waals surface area contributed by atoms with Crippen LogP contribution in [0.15, 0.2) is 12.2 Å². The first kappa shape index (κ1) is 13.8. The third-order valence-corrected chi connectivity index (χ3v) is 3.37. The van der Waals surface area contributed by atoms with Gasteiger partial charge >= 0.3 is 0 Å². The van der Waals surface area contributed by atoms with Gasteiger partial charge in [-0.15, -0.1) is 0 Å². The van der Waals surface area contributed by atoms with Crippen LogP contribution in [0.2, 0.25) is 0 Å². The van der Waals surface area contributed by atoms with Crippen LogP contribution in [0.3, 0.4) is 0 Å². The molecule has 1 aliphatic carbocycles. The maximum absolute atomic E-state index is 3.53. The molecule has 0 fully saturated rings. The van der Waals surface area contributed by atoms with E-state index >= 15 is 0 Å². The zero-order valence-corrected chi connectivity index (χ0v) is 10.8. The third kappa shape index (κ3) is 9.00. The Kier molecular flexibility index (Phi) is 9.69. The van der Waals surface area contributed by atoms with Crippen LogP contribution in [-0.2, 0) is 0 Å². The zero-order valence-electron chi connectivity index (χ0n) is 10.8. The molecule has 0 aromatic rings. The van der Waals surface area contributed by atoms with Crippen molar-refractivity contribution in [2.75, 3.05) is 0 Å². The SMILES string of the molecule is [C]1CCC/C=C/CCCCCCCCCC1. The van der Waals surface area contributed by atoms with E-state index in [1.165, 1.54) is 83.5 Å². The van der Waals surface area contributed by atoms with Gasteiger partial charge in [0.05, 0.1) is 0 Å². The summed E-state index contributed by atoms with van der Waals surface area (Å²) in [6.45, 7) is 0. The van der Waals surface area contributed by atoms with Gasteiger partial charge in [0.1, 0.15) is 0 Å². The lowest BCUT2D eigenvalue weighted by Crippen LogP contribution is -1.84. The summed E-state index contributed by atoms with van der Waals surface area (Å²) in [5.74, 6) is 0. The van der Waals surface area contributed by atoms with E-state index in [0.29, 0.717) is 0 Å². The van der Waals surface area contributed by atoms with Gasteiger partial charge < -0.3 is 0 Å². The van der Waals surface area contributed by atoms with Crippen molar-refractivity contribution in [2.45, 2.75) is 83.5 Å². The van der Waals surface area contributed by atoms with Crippen molar-refractivity contribution in [3.05, 3.63) is 18.6 Å². The van der Waals surface area contributed by atoms with Crippen LogP contribution in [0.1, 0.15) is 83.5 Å². The van der Waals surface area contributed by atoms with Gasteiger partial charge in [-0.3, -0.25) is 0 Å². The summed E-state index contributed by atoms with van der Waals surface area (Å²) < 4.78 is 0. The van der Waals surface area contributed by atoms with Gasteiger partial charge in [-0.05, 0) is 44.9 Å². The van der Waals surface area contributed by atoms with Crippen molar-refractivity contribution in [1.29, 1.82) is 0 Å². The summed E-state index contributed by atoms with van der Waals surface area (Å²) in [5.41, 5.74) is 0. The molecule has 0 heteroatoms. The van der Waals surface area contributed by atoms with Crippen LogP contribution in [0, 0.1) is 6.42 Å². The minimum absolute atomic E-state index is 1.20. The summed E-state index contributed by atoms with van der Waals surface area (Å²) in [6, 6.07) is 0. The van der Waals surface area contributed by atoms with Gasteiger partial charge in [0, 0.05) is 0 Å². The Morgan fingerprint density at radius 3 is 1.75 bits per heavy atom. The van der Waals surface area contributed by atoms with E-state index < -0.39 is 0 Å². The smallest absolute Gasteiger partial charge is 0.0173 e. The highest BCUT2D eigenvalue weighted by molar-refractivity contribution is 4.82. The molecule has 2 radical (unpaired) electrons. The second kappa shape index (κ2) is 11.2. The molecule has 0 unspecified atom stereocenters. The molecule has 0 spiro atoms. The standard InChI is InChI=1S/C16H28/c1-2-4-6-8-10-12-14-16-15-13-11-9-7-5-3-1/h1-2H,3-9,11-16H2/b2-1+. The monoisotopic (exact) mass is 220 g/mol. The Hall–Kier alpha value is -0.260. The topological polar surface area (TPSA) is 0 Å². The number of allylic oxidation sites excluding steroid dienone is 2. The fraction of sp³-hybridized carbons (Fsp3) is 0.812. The Bertz CT molecular complexity index is 139. The molecular formula is C16H28. The van der Waals surface area contributed by atoms with E-state index in [1.54, 1.807) is 0 Å². The number of hydrogen-bond donors (Lipinski definition) is 0. The number of hydrogen-bond acceptors (Lipinski definition) is 0. The predicted molar refractivity (Wildman–Crippen MR) is 72.4 cm³/mol. The molecule has 0 N–H and O–H groups in total. The van der Waals surface area contributed by atoms with Crippen molar-refractivity contribution < 1.29 is 0 Å². The second-order valence-electron chi connectivity index (χ2n) is 4.98. The van der Waals surface area contributed by atoms with Crippen LogP contribution in [0.5, 0.6) is 0 Å². The molecule has 0 bridgehead atoms. The first-order chi connectivity index (χ1) is 8.00. The van der Waals surface area contributed by atoms with Gasteiger partial charge in [-0.25, -0.2) is 0 Å². The summed E-state index contributed by atoms with van der Waals surface area (Å²) in [6.07, 6.45) is 26.0. The average molecular weight is 220 g/mol. The van der Waals surface area contributed by atoms with Gasteiger partial charge in [0.15, 0.2) is 0 Å². The molecule has 16 heavy (non-hydrogen) atoms. The van der Waals surface area contributed by atoms with Crippen LogP contribution in [-0.4, -0.2) is 0 Å². The Balaban J connectivity index is 2.07. The molecule has 92 valence electrons. The second-order valence-corrected chi connectivity index (χ2v) is 4.98. The molecule has 0 saturated carbocycles. The molecular weight excluding hydrogens is 192 g/mol.